The molecule has 0 fully saturated rings. The zero-order valence-corrected chi connectivity index (χ0v) is 10.8. The van der Waals surface area contributed by atoms with Gasteiger partial charge in [-0.05, 0) is 30.7 Å². The van der Waals surface area contributed by atoms with Crippen LogP contribution in [0.25, 0.3) is 11.3 Å². The first-order valence-corrected chi connectivity index (χ1v) is 5.70. The van der Waals surface area contributed by atoms with E-state index in [0.717, 1.165) is 6.07 Å². The molecule has 5 nitrogen and oxygen atoms in total. The smallest absolute Gasteiger partial charge is 0.356 e. The monoisotopic (exact) mass is 282 g/mol. The van der Waals surface area contributed by atoms with Gasteiger partial charge in [0, 0.05) is 12.6 Å². The Kier molecular flexibility index (Phi) is 3.44. The maximum atomic E-state index is 12.9. The molecular formula is C13H12F2N2O3. The first kappa shape index (κ1) is 14.0. The maximum Gasteiger partial charge on any atom is 0.356 e. The summed E-state index contributed by atoms with van der Waals surface area (Å²) in [6, 6.07) is 3.93. The minimum Gasteiger partial charge on any atom is -0.507 e. The van der Waals surface area contributed by atoms with Gasteiger partial charge in [0.15, 0.2) is 5.69 Å². The zero-order chi connectivity index (χ0) is 15.0. The van der Waals surface area contributed by atoms with E-state index in [1.807, 2.05) is 0 Å². The van der Waals surface area contributed by atoms with Crippen molar-refractivity contribution in [3.05, 3.63) is 35.0 Å². The van der Waals surface area contributed by atoms with Crippen molar-refractivity contribution in [2.75, 3.05) is 0 Å². The minimum absolute atomic E-state index is 0.174. The van der Waals surface area contributed by atoms with Gasteiger partial charge < -0.3 is 10.2 Å². The molecule has 0 saturated carbocycles. The molecular weight excluding hydrogens is 270 g/mol. The lowest BCUT2D eigenvalue weighted by Crippen LogP contribution is -1.99. The van der Waals surface area contributed by atoms with E-state index in [2.05, 4.69) is 5.10 Å². The lowest BCUT2D eigenvalue weighted by Gasteiger charge is -2.10. The Morgan fingerprint density at radius 3 is 2.50 bits per heavy atom. The molecule has 0 spiro atoms. The van der Waals surface area contributed by atoms with E-state index in [4.69, 9.17) is 5.11 Å². The minimum atomic E-state index is -2.82. The number of nitrogens with zero attached hydrogens (tertiary/aromatic N) is 2. The Bertz CT molecular complexity index is 680. The standard InChI is InChI=1S/C13H12F2N2O3/c1-6-3-7(4-8(11(6)18)12(14)15)10-5-9(13(19)20)16-17(10)2/h3-5,12,18H,1-2H3,(H,19,20). The van der Waals surface area contributed by atoms with Crippen LogP contribution in [0.4, 0.5) is 8.78 Å². The molecule has 0 atom stereocenters. The summed E-state index contributed by atoms with van der Waals surface area (Å²) in [6.45, 7) is 1.50. The number of carbonyl (C=O) groups is 1. The highest BCUT2D eigenvalue weighted by molar-refractivity contribution is 5.87. The van der Waals surface area contributed by atoms with E-state index in [-0.39, 0.29) is 11.3 Å². The number of phenolic OH excluding ortho intramolecular Hbond substituents is 1. The van der Waals surface area contributed by atoms with Crippen molar-refractivity contribution in [3.8, 4) is 17.0 Å². The Balaban J connectivity index is 2.61. The fraction of sp³-hybridized carbons (Fsp3) is 0.231. The second kappa shape index (κ2) is 4.92. The van der Waals surface area contributed by atoms with Crippen LogP contribution < -0.4 is 0 Å². The van der Waals surface area contributed by atoms with Crippen LogP contribution in [0.2, 0.25) is 0 Å². The van der Waals surface area contributed by atoms with Gasteiger partial charge in [-0.3, -0.25) is 4.68 Å². The topological polar surface area (TPSA) is 75.3 Å². The van der Waals surface area contributed by atoms with Gasteiger partial charge >= 0.3 is 5.97 Å². The van der Waals surface area contributed by atoms with Crippen LogP contribution in [0.1, 0.15) is 28.0 Å². The van der Waals surface area contributed by atoms with Gasteiger partial charge in [0.05, 0.1) is 11.3 Å². The Hall–Kier alpha value is -2.44. The van der Waals surface area contributed by atoms with E-state index in [9.17, 15) is 18.7 Å². The Labute approximate surface area is 113 Å². The number of phenols is 1. The highest BCUT2D eigenvalue weighted by atomic mass is 19.3. The van der Waals surface area contributed by atoms with Crippen LogP contribution in [0.5, 0.6) is 5.75 Å². The Morgan fingerprint density at radius 2 is 2.00 bits per heavy atom. The highest BCUT2D eigenvalue weighted by Gasteiger charge is 2.19. The summed E-state index contributed by atoms with van der Waals surface area (Å²) in [5, 5.41) is 22.3. The molecule has 0 bridgehead atoms. The predicted octanol–water partition coefficient (Wildman–Crippen LogP) is 2.74. The van der Waals surface area contributed by atoms with Crippen molar-refractivity contribution in [1.82, 2.24) is 9.78 Å². The summed E-state index contributed by atoms with van der Waals surface area (Å²) in [5.74, 6) is -1.65. The van der Waals surface area contributed by atoms with Crippen LogP contribution >= 0.6 is 0 Å². The number of aromatic nitrogens is 2. The van der Waals surface area contributed by atoms with Crippen molar-refractivity contribution in [2.45, 2.75) is 13.3 Å². The Morgan fingerprint density at radius 1 is 1.35 bits per heavy atom. The number of aryl methyl sites for hydroxylation is 2. The van der Waals surface area contributed by atoms with Crippen LogP contribution in [0.15, 0.2) is 18.2 Å². The number of alkyl halides is 2. The molecule has 0 unspecified atom stereocenters. The van der Waals surface area contributed by atoms with Gasteiger partial charge in [0.1, 0.15) is 5.75 Å². The number of aromatic carboxylic acids is 1. The summed E-state index contributed by atoms with van der Waals surface area (Å²) in [4.78, 5) is 10.9. The van der Waals surface area contributed by atoms with Crippen molar-refractivity contribution in [3.63, 3.8) is 0 Å². The number of hydrogen-bond donors (Lipinski definition) is 2. The van der Waals surface area contributed by atoms with Crippen molar-refractivity contribution in [1.29, 1.82) is 0 Å². The molecule has 20 heavy (non-hydrogen) atoms. The molecule has 7 heteroatoms. The van der Waals surface area contributed by atoms with Crippen molar-refractivity contribution in [2.24, 2.45) is 7.05 Å². The second-order valence-electron chi connectivity index (χ2n) is 4.38. The summed E-state index contributed by atoms with van der Waals surface area (Å²) in [6.07, 6.45) is -2.82. The summed E-state index contributed by atoms with van der Waals surface area (Å²) >= 11 is 0. The van der Waals surface area contributed by atoms with Gasteiger partial charge in [0.25, 0.3) is 6.43 Å². The average Bonchev–Trinajstić information content (AvgIpc) is 2.74. The van der Waals surface area contributed by atoms with Crippen molar-refractivity contribution < 1.29 is 23.8 Å². The van der Waals surface area contributed by atoms with E-state index >= 15 is 0 Å². The molecule has 1 heterocycles. The number of hydrogen-bond acceptors (Lipinski definition) is 3. The zero-order valence-electron chi connectivity index (χ0n) is 10.8. The third-order valence-electron chi connectivity index (χ3n) is 2.96. The predicted molar refractivity (Wildman–Crippen MR) is 67.0 cm³/mol. The first-order chi connectivity index (χ1) is 9.31. The number of benzene rings is 1. The fourth-order valence-corrected chi connectivity index (χ4v) is 1.96. The van der Waals surface area contributed by atoms with E-state index in [0.29, 0.717) is 11.3 Å². The highest BCUT2D eigenvalue weighted by Crippen LogP contribution is 2.35. The number of carboxylic acid groups (broad SMARTS) is 1. The van der Waals surface area contributed by atoms with E-state index in [1.54, 1.807) is 0 Å². The lowest BCUT2D eigenvalue weighted by molar-refractivity contribution is 0.0689. The van der Waals surface area contributed by atoms with Gasteiger partial charge in [-0.15, -0.1) is 0 Å². The molecule has 2 aromatic rings. The van der Waals surface area contributed by atoms with Crippen LogP contribution in [0.3, 0.4) is 0 Å². The third-order valence-corrected chi connectivity index (χ3v) is 2.96. The molecule has 0 aliphatic carbocycles. The summed E-state index contributed by atoms with van der Waals surface area (Å²) in [5.41, 5.74) is 0.381. The fourth-order valence-electron chi connectivity index (χ4n) is 1.96. The second-order valence-corrected chi connectivity index (χ2v) is 4.38. The van der Waals surface area contributed by atoms with Gasteiger partial charge in [-0.2, -0.15) is 5.10 Å². The number of carboxylic acids is 1. The molecule has 0 saturated heterocycles. The molecule has 0 aliphatic heterocycles. The van der Waals surface area contributed by atoms with Gasteiger partial charge in [0.2, 0.25) is 0 Å². The van der Waals surface area contributed by atoms with Gasteiger partial charge in [-0.1, -0.05) is 0 Å². The quantitative estimate of drug-likeness (QED) is 0.907. The summed E-state index contributed by atoms with van der Waals surface area (Å²) < 4.78 is 27.0. The molecule has 1 aromatic carbocycles. The number of aromatic hydroxyl groups is 1. The molecule has 2 rings (SSSR count). The third kappa shape index (κ3) is 2.34. The largest absolute Gasteiger partial charge is 0.507 e. The maximum absolute atomic E-state index is 12.9. The molecule has 0 aliphatic rings. The number of rotatable bonds is 3. The molecule has 2 N–H and O–H groups in total. The first-order valence-electron chi connectivity index (χ1n) is 5.70. The molecule has 0 radical (unpaired) electrons. The van der Waals surface area contributed by atoms with Crippen LogP contribution in [0, 0.1) is 6.92 Å². The van der Waals surface area contributed by atoms with Crippen LogP contribution in [-0.4, -0.2) is 26.0 Å². The van der Waals surface area contributed by atoms with E-state index < -0.39 is 23.7 Å². The number of halogens is 2. The van der Waals surface area contributed by atoms with Crippen LogP contribution in [-0.2, 0) is 7.05 Å². The summed E-state index contributed by atoms with van der Waals surface area (Å²) in [7, 11) is 1.52. The molecule has 1 aromatic heterocycles. The molecule has 0 amide bonds. The van der Waals surface area contributed by atoms with Crippen molar-refractivity contribution >= 4 is 5.97 Å². The SMILES string of the molecule is Cc1cc(-c2cc(C(=O)O)nn2C)cc(C(F)F)c1O. The van der Waals surface area contributed by atoms with E-state index in [1.165, 1.54) is 30.8 Å². The lowest BCUT2D eigenvalue weighted by atomic mass is 10.0. The average molecular weight is 282 g/mol. The van der Waals surface area contributed by atoms with Gasteiger partial charge in [-0.25, -0.2) is 13.6 Å². The molecule has 106 valence electrons. The normalized spacial score (nSPS) is 11.1.